The molecule has 15 heavy (non-hydrogen) atoms. The second-order valence-electron chi connectivity index (χ2n) is 3.67. The van der Waals surface area contributed by atoms with Gasteiger partial charge in [-0.25, -0.2) is 8.78 Å². The van der Waals surface area contributed by atoms with Crippen LogP contribution in [0.4, 0.5) is 17.6 Å². The molecule has 0 aliphatic rings. The van der Waals surface area contributed by atoms with Crippen LogP contribution >= 0.6 is 0 Å². The summed E-state index contributed by atoms with van der Waals surface area (Å²) in [5.41, 5.74) is 0. The molecule has 0 amide bonds. The number of carbonyl (C=O) groups excluding carboxylic acids is 1. The van der Waals surface area contributed by atoms with Crippen molar-refractivity contribution in [3.63, 3.8) is 0 Å². The summed E-state index contributed by atoms with van der Waals surface area (Å²) >= 11 is 0. The van der Waals surface area contributed by atoms with Crippen molar-refractivity contribution in [2.75, 3.05) is 6.61 Å². The van der Waals surface area contributed by atoms with E-state index in [-0.39, 0.29) is 6.92 Å². The fourth-order valence-electron chi connectivity index (χ4n) is 0.666. The summed E-state index contributed by atoms with van der Waals surface area (Å²) in [6.45, 7) is 2.48. The van der Waals surface area contributed by atoms with Gasteiger partial charge in [0.25, 0.3) is 0 Å². The lowest BCUT2D eigenvalue weighted by molar-refractivity contribution is -0.206. The van der Waals surface area contributed by atoms with E-state index >= 15 is 0 Å². The number of alkyl halides is 4. The molecule has 0 aromatic rings. The molecular weight excluding hydrogens is 216 g/mol. The van der Waals surface area contributed by atoms with E-state index in [0.717, 1.165) is 0 Å². The highest BCUT2D eigenvalue weighted by atomic mass is 19.3. The van der Waals surface area contributed by atoms with Gasteiger partial charge in [-0.05, 0) is 0 Å². The molecule has 0 rings (SSSR count). The lowest BCUT2D eigenvalue weighted by Gasteiger charge is -2.22. The molecule has 0 aromatic heterocycles. The van der Waals surface area contributed by atoms with Gasteiger partial charge in [-0.2, -0.15) is 8.78 Å². The van der Waals surface area contributed by atoms with Crippen LogP contribution in [0.5, 0.6) is 0 Å². The molecule has 0 fully saturated rings. The Kier molecular flexibility index (Phi) is 4.55. The van der Waals surface area contributed by atoms with Gasteiger partial charge in [-0.15, -0.1) is 0 Å². The normalized spacial score (nSPS) is 13.1. The second-order valence-corrected chi connectivity index (χ2v) is 3.67. The summed E-state index contributed by atoms with van der Waals surface area (Å²) in [7, 11) is 0. The third-order valence-electron chi connectivity index (χ3n) is 1.77. The van der Waals surface area contributed by atoms with Gasteiger partial charge in [0.05, 0.1) is 18.9 Å². The molecule has 0 bridgehead atoms. The maximum Gasteiger partial charge on any atom is 0.313 e. The van der Waals surface area contributed by atoms with Gasteiger partial charge in [-0.1, -0.05) is 13.8 Å². The predicted molar refractivity (Wildman–Crippen MR) is 46.0 cm³/mol. The molecule has 0 atom stereocenters. The van der Waals surface area contributed by atoms with Crippen LogP contribution in [0.3, 0.4) is 0 Å². The van der Waals surface area contributed by atoms with Crippen molar-refractivity contribution in [2.45, 2.75) is 39.0 Å². The van der Waals surface area contributed by atoms with Crippen LogP contribution in [0.25, 0.3) is 0 Å². The van der Waals surface area contributed by atoms with Crippen molar-refractivity contribution in [1.29, 1.82) is 0 Å². The van der Waals surface area contributed by atoms with E-state index in [0.29, 0.717) is 0 Å². The van der Waals surface area contributed by atoms with Crippen LogP contribution in [0, 0.1) is 5.92 Å². The number of ether oxygens (including phenoxy) is 1. The molecule has 0 aliphatic heterocycles. The number of halogens is 4. The van der Waals surface area contributed by atoms with Gasteiger partial charge < -0.3 is 4.74 Å². The topological polar surface area (TPSA) is 26.3 Å². The van der Waals surface area contributed by atoms with Gasteiger partial charge >= 0.3 is 17.8 Å². The molecule has 0 unspecified atom stereocenters. The molecule has 0 saturated heterocycles. The van der Waals surface area contributed by atoms with Gasteiger partial charge in [0.2, 0.25) is 0 Å². The zero-order chi connectivity index (χ0) is 12.3. The third-order valence-corrected chi connectivity index (χ3v) is 1.77. The van der Waals surface area contributed by atoms with E-state index in [1.54, 1.807) is 0 Å². The Morgan fingerprint density at radius 2 is 1.73 bits per heavy atom. The predicted octanol–water partition coefficient (Wildman–Crippen LogP) is 2.87. The minimum atomic E-state index is -4.15. The van der Waals surface area contributed by atoms with Crippen molar-refractivity contribution in [2.24, 2.45) is 5.92 Å². The van der Waals surface area contributed by atoms with Crippen LogP contribution in [-0.4, -0.2) is 24.4 Å². The van der Waals surface area contributed by atoms with Crippen LogP contribution in [-0.2, 0) is 9.53 Å². The number of esters is 1. The van der Waals surface area contributed by atoms with Crippen LogP contribution < -0.4 is 0 Å². The van der Waals surface area contributed by atoms with E-state index < -0.39 is 36.8 Å². The zero-order valence-electron chi connectivity index (χ0n) is 8.82. The molecule has 0 N–H and O–H groups in total. The highest BCUT2D eigenvalue weighted by Crippen LogP contribution is 2.36. The summed E-state index contributed by atoms with van der Waals surface area (Å²) in [6.07, 6.45) is -1.17. The summed E-state index contributed by atoms with van der Waals surface area (Å²) in [6, 6.07) is 0. The van der Waals surface area contributed by atoms with E-state index in [4.69, 9.17) is 0 Å². The minimum Gasteiger partial charge on any atom is -0.465 e. The lowest BCUT2D eigenvalue weighted by atomic mass is 10.1. The average Bonchev–Trinajstić information content (AvgIpc) is 2.01. The fraction of sp³-hybridized carbons (Fsp3) is 0.889. The summed E-state index contributed by atoms with van der Waals surface area (Å²) in [5, 5.41) is 0. The van der Waals surface area contributed by atoms with Crippen molar-refractivity contribution < 1.29 is 27.1 Å². The van der Waals surface area contributed by atoms with Crippen molar-refractivity contribution in [3.8, 4) is 0 Å². The van der Waals surface area contributed by atoms with Gasteiger partial charge in [0.15, 0.2) is 0 Å². The van der Waals surface area contributed by atoms with E-state index in [9.17, 15) is 22.4 Å². The van der Waals surface area contributed by atoms with E-state index in [1.807, 2.05) is 0 Å². The van der Waals surface area contributed by atoms with Crippen molar-refractivity contribution >= 4 is 5.97 Å². The maximum atomic E-state index is 12.6. The maximum absolute atomic E-state index is 12.6. The molecule has 0 radical (unpaired) electrons. The number of carbonyl (C=O) groups is 1. The molecule has 0 spiro atoms. The average molecular weight is 230 g/mol. The van der Waals surface area contributed by atoms with Gasteiger partial charge in [0.1, 0.15) is 0 Å². The monoisotopic (exact) mass is 230 g/mol. The summed E-state index contributed by atoms with van der Waals surface area (Å²) in [5.74, 6) is -9.38. The Morgan fingerprint density at radius 3 is 2.07 bits per heavy atom. The van der Waals surface area contributed by atoms with Gasteiger partial charge in [-0.3, -0.25) is 4.79 Å². The number of rotatable bonds is 5. The molecule has 0 aromatic carbocycles. The molecular formula is C9H14F4O2. The van der Waals surface area contributed by atoms with Crippen molar-refractivity contribution in [1.82, 2.24) is 0 Å². The number of hydrogen-bond acceptors (Lipinski definition) is 2. The highest BCUT2D eigenvalue weighted by molar-refractivity contribution is 5.71. The Bertz CT molecular complexity index is 221. The second kappa shape index (κ2) is 4.81. The molecule has 0 heterocycles. The Balaban J connectivity index is 4.02. The Hall–Kier alpha value is -0.810. The SMILES string of the molecule is CC(C)C(=O)OCCC(F)(F)C(C)(F)F. The first-order valence-corrected chi connectivity index (χ1v) is 4.50. The largest absolute Gasteiger partial charge is 0.465 e. The van der Waals surface area contributed by atoms with Crippen LogP contribution in [0.15, 0.2) is 0 Å². The van der Waals surface area contributed by atoms with Crippen molar-refractivity contribution in [3.05, 3.63) is 0 Å². The first kappa shape index (κ1) is 14.2. The van der Waals surface area contributed by atoms with Gasteiger partial charge in [0, 0.05) is 6.92 Å². The standard InChI is InChI=1S/C9H14F4O2/c1-6(2)7(14)15-5-4-9(12,13)8(3,10)11/h6H,4-5H2,1-3H3. The molecule has 0 aliphatic carbocycles. The minimum absolute atomic E-state index is 0.136. The third kappa shape index (κ3) is 4.48. The van der Waals surface area contributed by atoms with E-state index in [2.05, 4.69) is 4.74 Å². The quantitative estimate of drug-likeness (QED) is 0.536. The summed E-state index contributed by atoms with van der Waals surface area (Å²) in [4.78, 5) is 10.8. The molecule has 90 valence electrons. The highest BCUT2D eigenvalue weighted by Gasteiger charge is 2.51. The van der Waals surface area contributed by atoms with E-state index in [1.165, 1.54) is 13.8 Å². The smallest absolute Gasteiger partial charge is 0.313 e. The Labute approximate surface area is 85.6 Å². The first-order chi connectivity index (χ1) is 6.58. The van der Waals surface area contributed by atoms with Crippen LogP contribution in [0.1, 0.15) is 27.2 Å². The molecule has 2 nitrogen and oxygen atoms in total. The van der Waals surface area contributed by atoms with Crippen LogP contribution in [0.2, 0.25) is 0 Å². The molecule has 0 saturated carbocycles. The Morgan fingerprint density at radius 1 is 1.27 bits per heavy atom. The zero-order valence-corrected chi connectivity index (χ0v) is 8.82. The summed E-state index contributed by atoms with van der Waals surface area (Å²) < 4.78 is 54.2. The first-order valence-electron chi connectivity index (χ1n) is 4.50. The fourth-order valence-corrected chi connectivity index (χ4v) is 0.666. The number of hydrogen-bond donors (Lipinski definition) is 0. The lowest BCUT2D eigenvalue weighted by Crippen LogP contribution is -2.38. The molecule has 6 heteroatoms.